The number of rotatable bonds is 7. The molecule has 2 rings (SSSR count). The lowest BCUT2D eigenvalue weighted by Gasteiger charge is -2.08. The van der Waals surface area contributed by atoms with Gasteiger partial charge in [-0.05, 0) is 37.6 Å². The second-order valence-electron chi connectivity index (χ2n) is 5.01. The summed E-state index contributed by atoms with van der Waals surface area (Å²) in [6.07, 6.45) is 3.24. The molecule has 1 aromatic heterocycles. The Hall–Kier alpha value is -1.62. The van der Waals surface area contributed by atoms with Crippen LogP contribution in [0.2, 0.25) is 0 Å². The average Bonchev–Trinajstić information content (AvgIpc) is 2.93. The lowest BCUT2D eigenvalue weighted by molar-refractivity contribution is -0.116. The number of nitrogens with zero attached hydrogens (tertiary/aromatic N) is 2. The van der Waals surface area contributed by atoms with E-state index in [9.17, 15) is 9.18 Å². The Bertz CT molecular complexity index is 612. The fourth-order valence-corrected chi connectivity index (χ4v) is 2.68. The van der Waals surface area contributed by atoms with Gasteiger partial charge < -0.3 is 0 Å². The summed E-state index contributed by atoms with van der Waals surface area (Å²) in [6, 6.07) is 8.52. The molecule has 0 amide bonds. The number of thioether (sulfide) groups is 1. The smallest absolute Gasteiger partial charge is 0.149 e. The molecular formula is C16H19FN2OS. The number of halogens is 1. The monoisotopic (exact) mass is 306 g/mol. The van der Waals surface area contributed by atoms with Crippen LogP contribution < -0.4 is 0 Å². The van der Waals surface area contributed by atoms with Gasteiger partial charge in [0.15, 0.2) is 0 Å². The Morgan fingerprint density at radius 2 is 2.24 bits per heavy atom. The molecule has 0 fully saturated rings. The molecule has 112 valence electrons. The number of benzene rings is 1. The van der Waals surface area contributed by atoms with Crippen molar-refractivity contribution in [2.24, 2.45) is 0 Å². The highest BCUT2D eigenvalue weighted by Gasteiger charge is 2.09. The van der Waals surface area contributed by atoms with E-state index in [1.54, 1.807) is 12.1 Å². The molecule has 3 nitrogen and oxygen atoms in total. The molecule has 1 atom stereocenters. The number of carbonyl (C=O) groups excluding carboxylic acids is 1. The summed E-state index contributed by atoms with van der Waals surface area (Å²) in [5.74, 6) is 0.151. The summed E-state index contributed by atoms with van der Waals surface area (Å²) in [5, 5.41) is 4.42. The summed E-state index contributed by atoms with van der Waals surface area (Å²) in [7, 11) is 0. The van der Waals surface area contributed by atoms with E-state index in [0.29, 0.717) is 18.2 Å². The van der Waals surface area contributed by atoms with Gasteiger partial charge >= 0.3 is 0 Å². The number of Topliss-reactive ketones (excluding diaryl/α,β-unsaturated/α-hetero) is 1. The van der Waals surface area contributed by atoms with Crippen LogP contribution in [0.25, 0.3) is 0 Å². The normalized spacial score (nSPS) is 12.3. The number of ketones is 1. The topological polar surface area (TPSA) is 34.9 Å². The highest BCUT2D eigenvalue weighted by molar-refractivity contribution is 8.00. The summed E-state index contributed by atoms with van der Waals surface area (Å²) < 4.78 is 14.9. The van der Waals surface area contributed by atoms with Crippen LogP contribution >= 0.6 is 11.8 Å². The number of hydrogen-bond donors (Lipinski definition) is 0. The molecule has 21 heavy (non-hydrogen) atoms. The number of aromatic nitrogens is 2. The largest absolute Gasteiger partial charge is 0.298 e. The third-order valence-corrected chi connectivity index (χ3v) is 4.33. The second kappa shape index (κ2) is 7.41. The molecule has 0 saturated heterocycles. The fraction of sp³-hybridized carbons (Fsp3) is 0.375. The van der Waals surface area contributed by atoms with Gasteiger partial charge in [-0.1, -0.05) is 13.0 Å². The molecule has 1 aromatic carbocycles. The number of hydrogen-bond acceptors (Lipinski definition) is 3. The SMILES string of the molecule is CCC(C)n1ccc(CC(=O)CSc2cccc(F)c2)n1. The minimum atomic E-state index is -0.278. The molecule has 0 aliphatic carbocycles. The van der Waals surface area contributed by atoms with E-state index in [-0.39, 0.29) is 11.6 Å². The van der Waals surface area contributed by atoms with Crippen molar-refractivity contribution in [3.63, 3.8) is 0 Å². The molecule has 0 saturated carbocycles. The third-order valence-electron chi connectivity index (χ3n) is 3.28. The molecule has 0 aliphatic rings. The average molecular weight is 306 g/mol. The van der Waals surface area contributed by atoms with Crippen LogP contribution in [-0.4, -0.2) is 21.3 Å². The van der Waals surface area contributed by atoms with Crippen LogP contribution in [0.3, 0.4) is 0 Å². The zero-order valence-corrected chi connectivity index (χ0v) is 13.1. The van der Waals surface area contributed by atoms with E-state index in [1.807, 2.05) is 16.9 Å². The maximum atomic E-state index is 13.0. The maximum absolute atomic E-state index is 13.0. The lowest BCUT2D eigenvalue weighted by atomic mass is 10.2. The standard InChI is InChI=1S/C16H19FN2OS/c1-3-12(2)19-8-7-14(18-19)10-15(20)11-21-16-6-4-5-13(17)9-16/h4-9,12H,3,10-11H2,1-2H3. The molecule has 0 spiro atoms. The van der Waals surface area contributed by atoms with Gasteiger partial charge in [0.1, 0.15) is 11.6 Å². The molecule has 1 heterocycles. The van der Waals surface area contributed by atoms with Gasteiger partial charge in [0.25, 0.3) is 0 Å². The molecule has 0 bridgehead atoms. The van der Waals surface area contributed by atoms with Gasteiger partial charge in [-0.3, -0.25) is 9.48 Å². The lowest BCUT2D eigenvalue weighted by Crippen LogP contribution is -2.09. The molecule has 0 N–H and O–H groups in total. The highest BCUT2D eigenvalue weighted by atomic mass is 32.2. The van der Waals surface area contributed by atoms with E-state index in [0.717, 1.165) is 17.0 Å². The van der Waals surface area contributed by atoms with E-state index in [4.69, 9.17) is 0 Å². The van der Waals surface area contributed by atoms with Gasteiger partial charge in [0.05, 0.1) is 17.9 Å². The number of carbonyl (C=O) groups is 1. The van der Waals surface area contributed by atoms with Crippen molar-refractivity contribution >= 4 is 17.5 Å². The Labute approximate surface area is 128 Å². The van der Waals surface area contributed by atoms with Crippen molar-refractivity contribution in [2.75, 3.05) is 5.75 Å². The predicted molar refractivity (Wildman–Crippen MR) is 83.1 cm³/mol. The van der Waals surface area contributed by atoms with Crippen LogP contribution in [0.4, 0.5) is 4.39 Å². The van der Waals surface area contributed by atoms with Gasteiger partial charge in [-0.25, -0.2) is 4.39 Å². The van der Waals surface area contributed by atoms with Crippen molar-refractivity contribution in [3.8, 4) is 0 Å². The van der Waals surface area contributed by atoms with Crippen molar-refractivity contribution in [3.05, 3.63) is 48.0 Å². The molecule has 0 aliphatic heterocycles. The highest BCUT2D eigenvalue weighted by Crippen LogP contribution is 2.19. The van der Waals surface area contributed by atoms with E-state index < -0.39 is 0 Å². The minimum Gasteiger partial charge on any atom is -0.298 e. The zero-order chi connectivity index (χ0) is 15.2. The Kier molecular flexibility index (Phi) is 5.56. The summed E-state index contributed by atoms with van der Waals surface area (Å²) in [6.45, 7) is 4.20. The molecule has 0 radical (unpaired) electrons. The van der Waals surface area contributed by atoms with Crippen LogP contribution in [0, 0.1) is 5.82 Å². The second-order valence-corrected chi connectivity index (χ2v) is 6.05. The summed E-state index contributed by atoms with van der Waals surface area (Å²) in [5.41, 5.74) is 0.792. The Morgan fingerprint density at radius 3 is 2.95 bits per heavy atom. The van der Waals surface area contributed by atoms with Crippen LogP contribution in [0.15, 0.2) is 41.4 Å². The quantitative estimate of drug-likeness (QED) is 0.728. The molecule has 5 heteroatoms. The first kappa shape index (κ1) is 15.8. The fourth-order valence-electron chi connectivity index (χ4n) is 1.88. The summed E-state index contributed by atoms with van der Waals surface area (Å²) in [4.78, 5) is 12.7. The molecule has 2 aromatic rings. The predicted octanol–water partition coefficient (Wildman–Crippen LogP) is 3.90. The van der Waals surface area contributed by atoms with Gasteiger partial charge in [0, 0.05) is 17.1 Å². The first-order valence-electron chi connectivity index (χ1n) is 7.02. The van der Waals surface area contributed by atoms with Crippen molar-refractivity contribution in [1.29, 1.82) is 0 Å². The Balaban J connectivity index is 1.86. The first-order valence-corrected chi connectivity index (χ1v) is 8.01. The third kappa shape index (κ3) is 4.70. The van der Waals surface area contributed by atoms with Gasteiger partial charge in [0.2, 0.25) is 0 Å². The zero-order valence-electron chi connectivity index (χ0n) is 12.3. The minimum absolute atomic E-state index is 0.0960. The van der Waals surface area contributed by atoms with Crippen LogP contribution in [0.5, 0.6) is 0 Å². The van der Waals surface area contributed by atoms with Crippen molar-refractivity contribution < 1.29 is 9.18 Å². The van der Waals surface area contributed by atoms with E-state index in [1.165, 1.54) is 23.9 Å². The maximum Gasteiger partial charge on any atom is 0.149 e. The van der Waals surface area contributed by atoms with E-state index in [2.05, 4.69) is 18.9 Å². The van der Waals surface area contributed by atoms with Gasteiger partial charge in [-0.15, -0.1) is 11.8 Å². The summed E-state index contributed by atoms with van der Waals surface area (Å²) >= 11 is 1.36. The molecule has 1 unspecified atom stereocenters. The molecular weight excluding hydrogens is 287 g/mol. The first-order chi connectivity index (χ1) is 10.1. The van der Waals surface area contributed by atoms with E-state index >= 15 is 0 Å². The van der Waals surface area contributed by atoms with Crippen LogP contribution in [0.1, 0.15) is 32.0 Å². The van der Waals surface area contributed by atoms with Gasteiger partial charge in [-0.2, -0.15) is 5.10 Å². The Morgan fingerprint density at radius 1 is 1.43 bits per heavy atom. The van der Waals surface area contributed by atoms with Crippen LogP contribution in [-0.2, 0) is 11.2 Å². The van der Waals surface area contributed by atoms with Crippen molar-refractivity contribution in [2.45, 2.75) is 37.6 Å². The van der Waals surface area contributed by atoms with Crippen molar-refractivity contribution in [1.82, 2.24) is 9.78 Å².